The molecule has 0 radical (unpaired) electrons. The van der Waals surface area contributed by atoms with Crippen molar-refractivity contribution in [1.29, 1.82) is 0 Å². The van der Waals surface area contributed by atoms with Gasteiger partial charge in [-0.3, -0.25) is 9.59 Å². The summed E-state index contributed by atoms with van der Waals surface area (Å²) < 4.78 is 6.49. The van der Waals surface area contributed by atoms with Crippen molar-refractivity contribution in [2.75, 3.05) is 25.4 Å². The van der Waals surface area contributed by atoms with Crippen molar-refractivity contribution < 1.29 is 19.4 Å². The first kappa shape index (κ1) is 35.0. The van der Waals surface area contributed by atoms with Crippen molar-refractivity contribution in [1.82, 2.24) is 5.32 Å². The van der Waals surface area contributed by atoms with Gasteiger partial charge in [0.25, 0.3) is 0 Å². The molecule has 0 amide bonds. The van der Waals surface area contributed by atoms with E-state index in [9.17, 15) is 14.7 Å². The van der Waals surface area contributed by atoms with Crippen LogP contribution in [0.15, 0.2) is 23.1 Å². The molecule has 2 aliphatic rings. The Morgan fingerprint density at radius 1 is 1.12 bits per heavy atom. The maximum Gasteiger partial charge on any atom is 0.316 e. The second-order valence-electron chi connectivity index (χ2n) is 13.3. The molecule has 8 N–H and O–H groups in total. The zero-order valence-electron chi connectivity index (χ0n) is 26.3. The monoisotopic (exact) mass is 604 g/mol. The summed E-state index contributed by atoms with van der Waals surface area (Å²) in [5, 5.41) is 15.3. The first-order valence-corrected chi connectivity index (χ1v) is 16.9. The number of nitrogens with one attached hydrogen (secondary N) is 1. The summed E-state index contributed by atoms with van der Waals surface area (Å²) in [6.45, 7) is 11.3. The first-order valence-electron chi connectivity index (χ1n) is 16.0. The predicted octanol–water partition coefficient (Wildman–Crippen LogP) is 4.14. The van der Waals surface area contributed by atoms with Gasteiger partial charge in [0, 0.05) is 47.7 Å². The van der Waals surface area contributed by atoms with Crippen molar-refractivity contribution in [2.24, 2.45) is 45.8 Å². The third kappa shape index (κ3) is 8.36. The van der Waals surface area contributed by atoms with E-state index in [1.165, 1.54) is 11.8 Å². The van der Waals surface area contributed by atoms with Gasteiger partial charge in [-0.05, 0) is 74.2 Å². The topological polar surface area (TPSA) is 154 Å². The normalized spacial score (nSPS) is 32.6. The van der Waals surface area contributed by atoms with Gasteiger partial charge in [-0.15, -0.1) is 11.8 Å². The van der Waals surface area contributed by atoms with E-state index in [4.69, 9.17) is 21.9 Å². The number of hydrogen-bond acceptors (Lipinski definition) is 9. The molecule has 2 aliphatic carbocycles. The van der Waals surface area contributed by atoms with Gasteiger partial charge in [0.15, 0.2) is 0 Å². The molecule has 42 heavy (non-hydrogen) atoms. The van der Waals surface area contributed by atoms with Crippen LogP contribution in [0.3, 0.4) is 0 Å². The third-order valence-corrected chi connectivity index (χ3v) is 11.4. The highest BCUT2D eigenvalue weighted by Gasteiger charge is 2.54. The number of esters is 1. The molecule has 0 spiro atoms. The lowest BCUT2D eigenvalue weighted by atomic mass is 9.55. The second-order valence-corrected chi connectivity index (χ2v) is 14.3. The van der Waals surface area contributed by atoms with Crippen LogP contribution in [-0.4, -0.2) is 54.5 Å². The number of aliphatic hydroxyl groups is 1. The van der Waals surface area contributed by atoms with Gasteiger partial charge in [0.05, 0.1) is 11.9 Å². The number of ketones is 1. The van der Waals surface area contributed by atoms with Crippen LogP contribution in [0, 0.1) is 28.6 Å². The van der Waals surface area contributed by atoms with Crippen LogP contribution < -0.4 is 22.5 Å². The lowest BCUT2D eigenvalue weighted by molar-refractivity contribution is -0.173. The number of Topliss-reactive ketones (excluding diaryl/α,β-unsaturated/α-hetero) is 1. The number of benzene rings is 1. The van der Waals surface area contributed by atoms with Gasteiger partial charge in [-0.1, -0.05) is 52.7 Å². The predicted molar refractivity (Wildman–Crippen MR) is 171 cm³/mol. The summed E-state index contributed by atoms with van der Waals surface area (Å²) in [4.78, 5) is 28.3. The Hall–Kier alpha value is -1.49. The number of carbonyl (C=O) groups is 2. The number of hydrogen-bond donors (Lipinski definition) is 5. The Bertz CT molecular complexity index is 1040. The van der Waals surface area contributed by atoms with Crippen molar-refractivity contribution in [3.05, 3.63) is 29.3 Å². The molecule has 1 aromatic carbocycles. The molecule has 8 nitrogen and oxygen atoms in total. The molecule has 3 rings (SSSR count). The van der Waals surface area contributed by atoms with Crippen LogP contribution in [0.25, 0.3) is 0 Å². The van der Waals surface area contributed by atoms with Gasteiger partial charge in [0.2, 0.25) is 0 Å². The fourth-order valence-electron chi connectivity index (χ4n) is 7.33. The van der Waals surface area contributed by atoms with Crippen LogP contribution in [0.4, 0.5) is 0 Å². The van der Waals surface area contributed by atoms with Crippen LogP contribution in [-0.2, 0) is 27.4 Å². The molecule has 0 unspecified atom stereocenters. The van der Waals surface area contributed by atoms with E-state index in [1.54, 1.807) is 0 Å². The summed E-state index contributed by atoms with van der Waals surface area (Å²) >= 11 is 1.42. The molecule has 7 atom stereocenters. The Balaban J connectivity index is 1.96. The summed E-state index contributed by atoms with van der Waals surface area (Å²) in [6.07, 6.45) is 5.06. The second kappa shape index (κ2) is 16.0. The quantitative estimate of drug-likeness (QED) is 0.142. The van der Waals surface area contributed by atoms with Crippen molar-refractivity contribution in [3.63, 3.8) is 0 Å². The SMILES string of the molecule is C[C@@H]1CCCC(=O)[C@@H]2CCC[C@@H](C)[C@@]2(C)[C@H](OC(=O)CSc2cc(CN)ccc2CN)C[C@](C)(CNCCCN)[C@H]1O. The van der Waals surface area contributed by atoms with Crippen molar-refractivity contribution in [2.45, 2.75) is 109 Å². The fraction of sp³-hybridized carbons (Fsp3) is 0.758. The van der Waals surface area contributed by atoms with E-state index in [-0.39, 0.29) is 35.3 Å². The first-order chi connectivity index (χ1) is 20.0. The van der Waals surface area contributed by atoms with Crippen LogP contribution in [0.5, 0.6) is 0 Å². The standard InChI is InChI=1S/C33H56N4O4S/c1-22-8-5-11-27(38)26-10-6-9-23(2)33(26,4)29(17-32(3,31(22)40)21-37-15-7-14-34)41-30(39)20-42-28-16-24(18-35)12-13-25(28)19-36/h12-13,16,22-23,26,29,31,37,40H,5-11,14-15,17-21,34-36H2,1-4H3/t22-,23-,26+,29-,31+,32-,33-/m1/s1. The number of rotatable bonds is 11. The number of carbonyl (C=O) groups excluding carboxylic acids is 2. The molecule has 1 aromatic rings. The number of thioether (sulfide) groups is 1. The largest absolute Gasteiger partial charge is 0.461 e. The molecule has 0 saturated heterocycles. The van der Waals surface area contributed by atoms with E-state index in [2.05, 4.69) is 33.0 Å². The Morgan fingerprint density at radius 3 is 2.57 bits per heavy atom. The minimum Gasteiger partial charge on any atom is -0.461 e. The van der Waals surface area contributed by atoms with Crippen LogP contribution in [0.2, 0.25) is 0 Å². The van der Waals surface area contributed by atoms with E-state index in [1.807, 2.05) is 18.2 Å². The Labute approximate surface area is 257 Å². The Morgan fingerprint density at radius 2 is 1.88 bits per heavy atom. The molecule has 0 heterocycles. The zero-order chi connectivity index (χ0) is 30.9. The van der Waals surface area contributed by atoms with Crippen LogP contribution >= 0.6 is 11.8 Å². The Kier molecular flexibility index (Phi) is 13.3. The molecule has 2 fully saturated rings. The highest BCUT2D eigenvalue weighted by atomic mass is 32.2. The maximum atomic E-state index is 13.7. The maximum absolute atomic E-state index is 13.7. The van der Waals surface area contributed by atoms with E-state index in [0.717, 1.165) is 61.1 Å². The molecule has 238 valence electrons. The minimum absolute atomic E-state index is 0.0147. The lowest BCUT2D eigenvalue weighted by Crippen LogP contribution is -2.55. The molecular formula is C33H56N4O4S. The molecule has 2 saturated carbocycles. The highest BCUT2D eigenvalue weighted by Crippen LogP contribution is 2.53. The molecule has 9 heteroatoms. The van der Waals surface area contributed by atoms with E-state index < -0.39 is 23.0 Å². The summed E-state index contributed by atoms with van der Waals surface area (Å²) in [6, 6.07) is 5.92. The van der Waals surface area contributed by atoms with Gasteiger partial charge in [0.1, 0.15) is 11.9 Å². The third-order valence-electron chi connectivity index (χ3n) is 10.3. The molecular weight excluding hydrogens is 548 g/mol. The van der Waals surface area contributed by atoms with Gasteiger partial charge < -0.3 is 32.4 Å². The minimum atomic E-state index is -0.612. The van der Waals surface area contributed by atoms with Crippen molar-refractivity contribution >= 4 is 23.5 Å². The molecule has 0 aromatic heterocycles. The fourth-order valence-corrected chi connectivity index (χ4v) is 8.24. The summed E-state index contributed by atoms with van der Waals surface area (Å²) in [5.41, 5.74) is 18.4. The smallest absolute Gasteiger partial charge is 0.316 e. The van der Waals surface area contributed by atoms with E-state index in [0.29, 0.717) is 39.0 Å². The van der Waals surface area contributed by atoms with E-state index >= 15 is 0 Å². The summed E-state index contributed by atoms with van der Waals surface area (Å²) in [7, 11) is 0. The van der Waals surface area contributed by atoms with Gasteiger partial charge >= 0.3 is 5.97 Å². The molecule has 0 aliphatic heterocycles. The molecule has 0 bridgehead atoms. The van der Waals surface area contributed by atoms with Crippen molar-refractivity contribution in [3.8, 4) is 0 Å². The lowest BCUT2D eigenvalue weighted by Gasteiger charge is -2.52. The number of fused-ring (bicyclic) bond motifs is 1. The zero-order valence-corrected chi connectivity index (χ0v) is 27.1. The summed E-state index contributed by atoms with van der Waals surface area (Å²) in [5.74, 6) is 0.132. The average Bonchev–Trinajstić information content (AvgIpc) is 2.98. The number of nitrogens with two attached hydrogens (primary N) is 3. The number of ether oxygens (including phenoxy) is 1. The highest BCUT2D eigenvalue weighted by molar-refractivity contribution is 8.00. The van der Waals surface area contributed by atoms with Gasteiger partial charge in [-0.2, -0.15) is 0 Å². The number of aliphatic hydroxyl groups excluding tert-OH is 1. The van der Waals surface area contributed by atoms with Crippen LogP contribution in [0.1, 0.15) is 90.2 Å². The van der Waals surface area contributed by atoms with Gasteiger partial charge in [-0.25, -0.2) is 0 Å². The average molecular weight is 605 g/mol.